The first-order valence-electron chi connectivity index (χ1n) is 10.4. The lowest BCUT2D eigenvalue weighted by Crippen LogP contribution is -2.15. The van der Waals surface area contributed by atoms with Gasteiger partial charge in [-0.05, 0) is 38.5 Å². The van der Waals surface area contributed by atoms with Crippen LogP contribution in [0.2, 0.25) is 0 Å². The van der Waals surface area contributed by atoms with Crippen molar-refractivity contribution in [2.75, 3.05) is 5.32 Å². The second kappa shape index (κ2) is 10.1. The fraction of sp³-hybridized carbons (Fsp3) is 0.250. The molecule has 0 aliphatic carbocycles. The number of anilines is 1. The van der Waals surface area contributed by atoms with Crippen molar-refractivity contribution in [1.29, 1.82) is 0 Å². The van der Waals surface area contributed by atoms with Crippen molar-refractivity contribution in [3.05, 3.63) is 75.7 Å². The summed E-state index contributed by atoms with van der Waals surface area (Å²) in [6, 6.07) is 16.1. The molecule has 1 N–H and O–H groups in total. The number of thioether (sulfide) groups is 1. The molecule has 0 aliphatic rings. The summed E-state index contributed by atoms with van der Waals surface area (Å²) >= 11 is 3.13. The zero-order chi connectivity index (χ0) is 22.5. The highest BCUT2D eigenvalue weighted by atomic mass is 32.2. The first-order chi connectivity index (χ1) is 15.5. The summed E-state index contributed by atoms with van der Waals surface area (Å²) < 4.78 is 2.13. The van der Waals surface area contributed by atoms with E-state index < -0.39 is 0 Å². The second-order valence-corrected chi connectivity index (χ2v) is 9.37. The van der Waals surface area contributed by atoms with Crippen LogP contribution in [0.1, 0.15) is 28.8 Å². The second-order valence-electron chi connectivity index (χ2n) is 7.48. The Labute approximate surface area is 196 Å². The van der Waals surface area contributed by atoms with Crippen LogP contribution in [0, 0.1) is 13.8 Å². The maximum Gasteiger partial charge on any atom is 0.231 e. The molecule has 0 saturated carbocycles. The van der Waals surface area contributed by atoms with Gasteiger partial charge in [-0.1, -0.05) is 53.7 Å². The first kappa shape index (κ1) is 22.2. The third kappa shape index (κ3) is 5.26. The van der Waals surface area contributed by atoms with Gasteiger partial charge in [0.15, 0.2) is 11.0 Å². The summed E-state index contributed by atoms with van der Waals surface area (Å²) in [6.07, 6.45) is 0.270. The number of carbonyl (C=O) groups excluding carboxylic acids is 1. The Morgan fingerprint density at radius 1 is 1.12 bits per heavy atom. The number of hydrogen-bond acceptors (Lipinski definition) is 6. The topological polar surface area (TPSA) is 72.7 Å². The van der Waals surface area contributed by atoms with Gasteiger partial charge in [-0.3, -0.25) is 4.79 Å². The lowest BCUT2D eigenvalue weighted by Gasteiger charge is -2.07. The van der Waals surface area contributed by atoms with E-state index in [0.29, 0.717) is 5.75 Å². The summed E-state index contributed by atoms with van der Waals surface area (Å²) in [5.74, 6) is 1.51. The summed E-state index contributed by atoms with van der Waals surface area (Å²) in [5.41, 5.74) is 5.10. The van der Waals surface area contributed by atoms with Crippen LogP contribution in [0.3, 0.4) is 0 Å². The zero-order valence-corrected chi connectivity index (χ0v) is 20.0. The van der Waals surface area contributed by atoms with Crippen molar-refractivity contribution in [2.45, 2.75) is 44.6 Å². The Morgan fingerprint density at radius 3 is 2.75 bits per heavy atom. The Hall–Kier alpha value is -2.97. The molecule has 0 saturated heterocycles. The Balaban J connectivity index is 1.38. The fourth-order valence-electron chi connectivity index (χ4n) is 3.36. The van der Waals surface area contributed by atoms with Gasteiger partial charge in [0.05, 0.1) is 12.1 Å². The standard InChI is InChI=1S/C24H25N5OS2/c1-4-29-23(18-10-7-8-16(2)12-18)27-28-24(29)32-15-19-14-31-22(25-19)13-21(30)26-20-11-6-5-9-17(20)3/h5-12,14H,4,13,15H2,1-3H3,(H,26,30). The van der Waals surface area contributed by atoms with E-state index in [1.165, 1.54) is 16.9 Å². The predicted octanol–water partition coefficient (Wildman–Crippen LogP) is 5.51. The molecule has 0 radical (unpaired) electrons. The smallest absolute Gasteiger partial charge is 0.231 e. The van der Waals surface area contributed by atoms with Gasteiger partial charge in [-0.15, -0.1) is 21.5 Å². The van der Waals surface area contributed by atoms with E-state index in [-0.39, 0.29) is 12.3 Å². The van der Waals surface area contributed by atoms with Gasteiger partial charge in [0.1, 0.15) is 5.01 Å². The van der Waals surface area contributed by atoms with Crippen molar-refractivity contribution in [1.82, 2.24) is 19.7 Å². The van der Waals surface area contributed by atoms with Crippen LogP contribution >= 0.6 is 23.1 Å². The quantitative estimate of drug-likeness (QED) is 0.349. The molecule has 0 fully saturated rings. The predicted molar refractivity (Wildman–Crippen MR) is 131 cm³/mol. The molecule has 0 atom stereocenters. The molecule has 0 unspecified atom stereocenters. The summed E-state index contributed by atoms with van der Waals surface area (Å²) in [5, 5.41) is 15.5. The molecule has 0 bridgehead atoms. The lowest BCUT2D eigenvalue weighted by atomic mass is 10.1. The zero-order valence-electron chi connectivity index (χ0n) is 18.3. The molecule has 8 heteroatoms. The fourth-order valence-corrected chi connectivity index (χ4v) is 5.15. The van der Waals surface area contributed by atoms with Gasteiger partial charge in [-0.2, -0.15) is 0 Å². The summed E-state index contributed by atoms with van der Waals surface area (Å²) in [7, 11) is 0. The lowest BCUT2D eigenvalue weighted by molar-refractivity contribution is -0.115. The molecule has 4 rings (SSSR count). The number of aromatic nitrogens is 4. The number of nitrogens with zero attached hydrogens (tertiary/aromatic N) is 4. The molecule has 164 valence electrons. The van der Waals surface area contributed by atoms with E-state index in [2.05, 4.69) is 57.1 Å². The molecule has 4 aromatic rings. The van der Waals surface area contributed by atoms with Gasteiger partial charge in [0, 0.05) is 28.9 Å². The maximum absolute atomic E-state index is 12.4. The first-order valence-corrected chi connectivity index (χ1v) is 12.3. The molecular weight excluding hydrogens is 438 g/mol. The van der Waals surface area contributed by atoms with Crippen LogP contribution in [-0.2, 0) is 23.5 Å². The van der Waals surface area contributed by atoms with Gasteiger partial charge in [0.25, 0.3) is 0 Å². The van der Waals surface area contributed by atoms with Crippen LogP contribution in [0.15, 0.2) is 59.1 Å². The van der Waals surface area contributed by atoms with Crippen LogP contribution < -0.4 is 5.32 Å². The number of rotatable bonds is 8. The number of thiazole rings is 1. The SMILES string of the molecule is CCn1c(SCc2csc(CC(=O)Nc3ccccc3C)n2)nnc1-c1cccc(C)c1. The third-order valence-electron chi connectivity index (χ3n) is 4.99. The largest absolute Gasteiger partial charge is 0.325 e. The highest BCUT2D eigenvalue weighted by Gasteiger charge is 2.15. The number of amides is 1. The number of carbonyl (C=O) groups is 1. The molecule has 2 aromatic heterocycles. The van der Waals surface area contributed by atoms with E-state index in [4.69, 9.17) is 0 Å². The van der Waals surface area contributed by atoms with E-state index in [0.717, 1.165) is 45.0 Å². The molecule has 2 aromatic carbocycles. The Kier molecular flexibility index (Phi) is 7.02. The summed E-state index contributed by atoms with van der Waals surface area (Å²) in [4.78, 5) is 17.0. The minimum absolute atomic E-state index is 0.0543. The number of hydrogen-bond donors (Lipinski definition) is 1. The molecule has 1 amide bonds. The molecule has 32 heavy (non-hydrogen) atoms. The van der Waals surface area contributed by atoms with Gasteiger partial charge in [0.2, 0.25) is 5.91 Å². The summed E-state index contributed by atoms with van der Waals surface area (Å²) in [6.45, 7) is 6.95. The minimum Gasteiger partial charge on any atom is -0.325 e. The van der Waals surface area contributed by atoms with Crippen molar-refractivity contribution in [3.63, 3.8) is 0 Å². The van der Waals surface area contributed by atoms with Crippen LogP contribution in [0.25, 0.3) is 11.4 Å². The average molecular weight is 464 g/mol. The van der Waals surface area contributed by atoms with Gasteiger partial charge in [-0.25, -0.2) is 4.98 Å². The van der Waals surface area contributed by atoms with Crippen molar-refractivity contribution in [2.24, 2.45) is 0 Å². The number of aryl methyl sites for hydroxylation is 2. The number of benzene rings is 2. The van der Waals surface area contributed by atoms with Crippen LogP contribution in [0.4, 0.5) is 5.69 Å². The highest BCUT2D eigenvalue weighted by Crippen LogP contribution is 2.27. The maximum atomic E-state index is 12.4. The average Bonchev–Trinajstić information content (AvgIpc) is 3.40. The van der Waals surface area contributed by atoms with Crippen molar-refractivity contribution >= 4 is 34.7 Å². The Bertz CT molecular complexity index is 1230. The van der Waals surface area contributed by atoms with Crippen LogP contribution in [0.5, 0.6) is 0 Å². The number of para-hydroxylation sites is 1. The highest BCUT2D eigenvalue weighted by molar-refractivity contribution is 7.98. The molecular formula is C24H25N5OS2. The molecule has 6 nitrogen and oxygen atoms in total. The third-order valence-corrected chi connectivity index (χ3v) is 6.89. The normalized spacial score (nSPS) is 11.0. The monoisotopic (exact) mass is 463 g/mol. The molecule has 0 spiro atoms. The van der Waals surface area contributed by atoms with E-state index >= 15 is 0 Å². The van der Waals surface area contributed by atoms with Gasteiger partial charge >= 0.3 is 0 Å². The van der Waals surface area contributed by atoms with Crippen molar-refractivity contribution < 1.29 is 4.79 Å². The van der Waals surface area contributed by atoms with E-state index in [1.807, 2.05) is 42.6 Å². The van der Waals surface area contributed by atoms with E-state index in [9.17, 15) is 4.79 Å². The van der Waals surface area contributed by atoms with Crippen LogP contribution in [-0.4, -0.2) is 25.7 Å². The van der Waals surface area contributed by atoms with Gasteiger partial charge < -0.3 is 9.88 Å². The number of nitrogens with one attached hydrogen (secondary N) is 1. The van der Waals surface area contributed by atoms with E-state index in [1.54, 1.807) is 11.8 Å². The molecule has 0 aliphatic heterocycles. The van der Waals surface area contributed by atoms with Crippen molar-refractivity contribution in [3.8, 4) is 11.4 Å². The minimum atomic E-state index is -0.0543. The molecule has 2 heterocycles. The Morgan fingerprint density at radius 2 is 1.97 bits per heavy atom.